The lowest BCUT2D eigenvalue weighted by molar-refractivity contribution is 0.770. The third-order valence-corrected chi connectivity index (χ3v) is 3.54. The van der Waals surface area contributed by atoms with Crippen molar-refractivity contribution in [1.82, 2.24) is 14.8 Å². The molecule has 0 aliphatic carbocycles. The summed E-state index contributed by atoms with van der Waals surface area (Å²) >= 11 is 1.58. The maximum atomic E-state index is 5.95. The number of hydrogen-bond acceptors (Lipinski definition) is 4. The molecule has 1 aromatic carbocycles. The smallest absolute Gasteiger partial charge is 0.144 e. The number of aryl methyl sites for hydroxylation is 1. The number of aromatic nitrogens is 3. The molecule has 0 spiro atoms. The standard InChI is InChI=1S/C13H12N4S/c1-17-7-6-11(16-17)13-15-12(8-18-13)9-4-2-3-5-10(9)14/h2-8H,14H2,1H3. The van der Waals surface area contributed by atoms with E-state index >= 15 is 0 Å². The summed E-state index contributed by atoms with van der Waals surface area (Å²) < 4.78 is 1.77. The van der Waals surface area contributed by atoms with Gasteiger partial charge in [-0.2, -0.15) is 5.10 Å². The molecule has 0 saturated heterocycles. The van der Waals surface area contributed by atoms with E-state index in [0.29, 0.717) is 0 Å². The summed E-state index contributed by atoms with van der Waals surface area (Å²) in [6.45, 7) is 0. The maximum absolute atomic E-state index is 5.95. The lowest BCUT2D eigenvalue weighted by Crippen LogP contribution is -1.90. The Morgan fingerprint density at radius 1 is 1.17 bits per heavy atom. The lowest BCUT2D eigenvalue weighted by Gasteiger charge is -2.00. The monoisotopic (exact) mass is 256 g/mol. The molecule has 0 saturated carbocycles. The van der Waals surface area contributed by atoms with E-state index in [0.717, 1.165) is 27.6 Å². The molecule has 90 valence electrons. The van der Waals surface area contributed by atoms with Crippen LogP contribution in [0.4, 0.5) is 5.69 Å². The van der Waals surface area contributed by atoms with Gasteiger partial charge in [0.05, 0.1) is 5.69 Å². The van der Waals surface area contributed by atoms with E-state index in [2.05, 4.69) is 10.1 Å². The van der Waals surface area contributed by atoms with Crippen LogP contribution in [-0.2, 0) is 7.05 Å². The van der Waals surface area contributed by atoms with Crippen LogP contribution in [0.1, 0.15) is 0 Å². The van der Waals surface area contributed by atoms with Crippen LogP contribution in [0.5, 0.6) is 0 Å². The van der Waals surface area contributed by atoms with E-state index in [1.54, 1.807) is 16.0 Å². The molecule has 0 aliphatic rings. The molecular weight excluding hydrogens is 244 g/mol. The molecule has 0 aliphatic heterocycles. The summed E-state index contributed by atoms with van der Waals surface area (Å²) in [4.78, 5) is 4.59. The Balaban J connectivity index is 2.02. The van der Waals surface area contributed by atoms with Crippen molar-refractivity contribution in [3.63, 3.8) is 0 Å². The fraction of sp³-hybridized carbons (Fsp3) is 0.0769. The summed E-state index contributed by atoms with van der Waals surface area (Å²) in [5, 5.41) is 7.26. The molecule has 0 fully saturated rings. The SMILES string of the molecule is Cn1ccc(-c2nc(-c3ccccc3N)cs2)n1. The Kier molecular flexibility index (Phi) is 2.60. The van der Waals surface area contributed by atoms with Crippen LogP contribution in [0.2, 0.25) is 0 Å². The third-order valence-electron chi connectivity index (χ3n) is 2.67. The predicted octanol–water partition coefficient (Wildman–Crippen LogP) is 2.79. The molecule has 0 bridgehead atoms. The minimum Gasteiger partial charge on any atom is -0.398 e. The number of nitrogens with two attached hydrogens (primary N) is 1. The van der Waals surface area contributed by atoms with Gasteiger partial charge in [-0.15, -0.1) is 11.3 Å². The Morgan fingerprint density at radius 3 is 2.72 bits per heavy atom. The normalized spacial score (nSPS) is 10.7. The van der Waals surface area contributed by atoms with Gasteiger partial charge in [0, 0.05) is 29.9 Å². The van der Waals surface area contributed by atoms with Crippen molar-refractivity contribution >= 4 is 17.0 Å². The van der Waals surface area contributed by atoms with Crippen molar-refractivity contribution < 1.29 is 0 Å². The van der Waals surface area contributed by atoms with Crippen LogP contribution in [0.25, 0.3) is 22.0 Å². The van der Waals surface area contributed by atoms with Crippen molar-refractivity contribution in [1.29, 1.82) is 0 Å². The average molecular weight is 256 g/mol. The van der Waals surface area contributed by atoms with E-state index in [9.17, 15) is 0 Å². The summed E-state index contributed by atoms with van der Waals surface area (Å²) in [5.74, 6) is 0. The minimum atomic E-state index is 0.746. The van der Waals surface area contributed by atoms with E-state index in [1.165, 1.54) is 0 Å². The highest BCUT2D eigenvalue weighted by Gasteiger charge is 2.10. The molecule has 0 unspecified atom stereocenters. The van der Waals surface area contributed by atoms with Crippen molar-refractivity contribution in [3.05, 3.63) is 41.9 Å². The van der Waals surface area contributed by atoms with Gasteiger partial charge in [0.25, 0.3) is 0 Å². The molecule has 5 heteroatoms. The molecule has 2 heterocycles. The van der Waals surface area contributed by atoms with Crippen LogP contribution < -0.4 is 5.73 Å². The van der Waals surface area contributed by atoms with Gasteiger partial charge in [-0.1, -0.05) is 18.2 Å². The van der Waals surface area contributed by atoms with Crippen LogP contribution >= 0.6 is 11.3 Å². The highest BCUT2D eigenvalue weighted by molar-refractivity contribution is 7.13. The first-order chi connectivity index (χ1) is 8.74. The number of anilines is 1. The van der Waals surface area contributed by atoms with E-state index < -0.39 is 0 Å². The van der Waals surface area contributed by atoms with Gasteiger partial charge in [-0.05, 0) is 12.1 Å². The first kappa shape index (κ1) is 11.0. The van der Waals surface area contributed by atoms with Crippen molar-refractivity contribution in [2.75, 3.05) is 5.73 Å². The Morgan fingerprint density at radius 2 is 2.00 bits per heavy atom. The van der Waals surface area contributed by atoms with Crippen LogP contribution in [0, 0.1) is 0 Å². The summed E-state index contributed by atoms with van der Waals surface area (Å²) in [5.41, 5.74) is 9.46. The van der Waals surface area contributed by atoms with Crippen LogP contribution in [0.3, 0.4) is 0 Å². The fourth-order valence-electron chi connectivity index (χ4n) is 1.77. The molecule has 4 nitrogen and oxygen atoms in total. The summed E-state index contributed by atoms with van der Waals surface area (Å²) in [6, 6.07) is 9.70. The van der Waals surface area contributed by atoms with E-state index in [-0.39, 0.29) is 0 Å². The minimum absolute atomic E-state index is 0.746. The molecule has 2 N–H and O–H groups in total. The van der Waals surface area contributed by atoms with Crippen LogP contribution in [0.15, 0.2) is 41.9 Å². The number of rotatable bonds is 2. The molecule has 3 rings (SSSR count). The second-order valence-corrected chi connectivity index (χ2v) is 4.86. The fourth-order valence-corrected chi connectivity index (χ4v) is 2.56. The summed E-state index contributed by atoms with van der Waals surface area (Å²) in [7, 11) is 1.90. The molecule has 0 radical (unpaired) electrons. The van der Waals surface area contributed by atoms with Gasteiger partial charge in [0.2, 0.25) is 0 Å². The zero-order chi connectivity index (χ0) is 12.5. The Hall–Kier alpha value is -2.14. The van der Waals surface area contributed by atoms with Crippen molar-refractivity contribution in [2.24, 2.45) is 7.05 Å². The first-order valence-electron chi connectivity index (χ1n) is 5.54. The highest BCUT2D eigenvalue weighted by Crippen LogP contribution is 2.30. The van der Waals surface area contributed by atoms with Crippen molar-refractivity contribution in [2.45, 2.75) is 0 Å². The molecule has 18 heavy (non-hydrogen) atoms. The largest absolute Gasteiger partial charge is 0.398 e. The first-order valence-corrected chi connectivity index (χ1v) is 6.42. The topological polar surface area (TPSA) is 56.7 Å². The summed E-state index contributed by atoms with van der Waals surface area (Å²) in [6.07, 6.45) is 1.91. The van der Waals surface area contributed by atoms with Gasteiger partial charge in [-0.25, -0.2) is 4.98 Å². The van der Waals surface area contributed by atoms with Gasteiger partial charge >= 0.3 is 0 Å². The zero-order valence-electron chi connectivity index (χ0n) is 9.87. The quantitative estimate of drug-likeness (QED) is 0.717. The molecule has 0 amide bonds. The van der Waals surface area contributed by atoms with E-state index in [4.69, 9.17) is 5.73 Å². The van der Waals surface area contributed by atoms with Crippen molar-refractivity contribution in [3.8, 4) is 22.0 Å². The zero-order valence-corrected chi connectivity index (χ0v) is 10.7. The van der Waals surface area contributed by atoms with Gasteiger partial charge in [0.1, 0.15) is 10.7 Å². The third kappa shape index (κ3) is 1.89. The number of benzene rings is 1. The molecule has 0 atom stereocenters. The lowest BCUT2D eigenvalue weighted by atomic mass is 10.1. The second kappa shape index (κ2) is 4.27. The number of nitrogen functional groups attached to an aromatic ring is 1. The second-order valence-electron chi connectivity index (χ2n) is 4.00. The number of hydrogen-bond donors (Lipinski definition) is 1. The average Bonchev–Trinajstić information content (AvgIpc) is 2.98. The Bertz CT molecular complexity index is 684. The Labute approximate surface area is 109 Å². The molecule has 3 aromatic rings. The molecular formula is C13H12N4S. The van der Waals surface area contributed by atoms with Gasteiger partial charge < -0.3 is 5.73 Å². The number of para-hydroxylation sites is 1. The molecule has 2 aromatic heterocycles. The van der Waals surface area contributed by atoms with E-state index in [1.807, 2.05) is 49.0 Å². The highest BCUT2D eigenvalue weighted by atomic mass is 32.1. The maximum Gasteiger partial charge on any atom is 0.144 e. The predicted molar refractivity (Wildman–Crippen MR) is 74.2 cm³/mol. The van der Waals surface area contributed by atoms with Gasteiger partial charge in [0.15, 0.2) is 0 Å². The van der Waals surface area contributed by atoms with Crippen LogP contribution in [-0.4, -0.2) is 14.8 Å². The number of thiazole rings is 1. The number of nitrogens with zero attached hydrogens (tertiary/aromatic N) is 3. The van der Waals surface area contributed by atoms with Gasteiger partial charge in [-0.3, -0.25) is 4.68 Å².